The summed E-state index contributed by atoms with van der Waals surface area (Å²) in [4.78, 5) is 10.2. The molecule has 0 bridgehead atoms. The first-order valence-electron chi connectivity index (χ1n) is 22.3. The third kappa shape index (κ3) is 6.58. The van der Waals surface area contributed by atoms with E-state index in [1.165, 1.54) is 60.8 Å². The number of rotatable bonds is 8. The lowest BCUT2D eigenvalue weighted by Gasteiger charge is -2.34. The van der Waals surface area contributed by atoms with Crippen molar-refractivity contribution in [2.75, 3.05) is 0 Å². The normalized spacial score (nSPS) is 12.4. The van der Waals surface area contributed by atoms with Crippen molar-refractivity contribution in [2.45, 2.75) is 5.41 Å². The maximum atomic E-state index is 5.17. The van der Waals surface area contributed by atoms with Crippen molar-refractivity contribution in [2.24, 2.45) is 0 Å². The molecule has 0 atom stereocenters. The fourth-order valence-corrected chi connectivity index (χ4v) is 10.2. The molecular weight excluding hydrogens is 785 g/mol. The first kappa shape index (κ1) is 38.2. The Hall–Kier alpha value is -8.46. The molecule has 0 spiro atoms. The Morgan fingerprint density at radius 1 is 0.262 bits per heavy atom. The van der Waals surface area contributed by atoms with Crippen LogP contribution in [0.3, 0.4) is 0 Å². The SMILES string of the molecule is c1ccc(-c2cc(-c3cccc(-c4cccc(-c5cc6c(cc5-c5cccc7ccccc57)-c5ccccc5C6(c5ccccc5)c5ccccc5)c4)c3)nc(-c3ccccc3)n2)cc1. The van der Waals surface area contributed by atoms with Gasteiger partial charge in [0.1, 0.15) is 0 Å². The summed E-state index contributed by atoms with van der Waals surface area (Å²) in [6.45, 7) is 0. The Morgan fingerprint density at radius 3 is 1.46 bits per heavy atom. The lowest BCUT2D eigenvalue weighted by Crippen LogP contribution is -2.28. The Morgan fingerprint density at radius 2 is 0.754 bits per heavy atom. The van der Waals surface area contributed by atoms with Gasteiger partial charge in [0.15, 0.2) is 5.82 Å². The standard InChI is InChI=1S/C63H42N2/c1-5-21-44(22-6-1)60-42-61(65-62(64-60)45-23-7-2-8-24-45)49-29-18-27-47(39-49)46-26-17-28-48(38-46)55-41-59-57(40-56(55)53-36-19-25-43-20-13-14-34-52(43)53)54-35-15-16-37-58(54)63(59,50-30-9-3-10-31-50)51-32-11-4-12-33-51/h1-42H. The van der Waals surface area contributed by atoms with Gasteiger partial charge in [-0.3, -0.25) is 0 Å². The van der Waals surface area contributed by atoms with Crippen molar-refractivity contribution in [3.05, 3.63) is 277 Å². The Labute approximate surface area is 379 Å². The zero-order valence-corrected chi connectivity index (χ0v) is 35.6. The van der Waals surface area contributed by atoms with Crippen LogP contribution in [-0.2, 0) is 5.41 Å². The average Bonchev–Trinajstić information content (AvgIpc) is 3.69. The molecule has 0 fully saturated rings. The molecule has 1 heterocycles. The molecule has 0 unspecified atom stereocenters. The summed E-state index contributed by atoms with van der Waals surface area (Å²) >= 11 is 0. The van der Waals surface area contributed by atoms with Crippen LogP contribution in [0.1, 0.15) is 22.3 Å². The topological polar surface area (TPSA) is 25.8 Å². The van der Waals surface area contributed by atoms with Crippen molar-refractivity contribution in [3.63, 3.8) is 0 Å². The van der Waals surface area contributed by atoms with E-state index in [9.17, 15) is 0 Å². The molecule has 1 aromatic heterocycles. The van der Waals surface area contributed by atoms with Crippen molar-refractivity contribution in [1.29, 1.82) is 0 Å². The second kappa shape index (κ2) is 16.0. The Kier molecular flexibility index (Phi) is 9.43. The summed E-state index contributed by atoms with van der Waals surface area (Å²) in [6.07, 6.45) is 0. The molecule has 2 heteroatoms. The summed E-state index contributed by atoms with van der Waals surface area (Å²) in [6, 6.07) is 92.2. The lowest BCUT2D eigenvalue weighted by molar-refractivity contribution is 0.769. The molecule has 11 aromatic rings. The number of aromatic nitrogens is 2. The molecule has 304 valence electrons. The molecule has 0 N–H and O–H groups in total. The molecule has 12 rings (SSSR count). The molecule has 1 aliphatic rings. The van der Waals surface area contributed by atoms with Gasteiger partial charge in [-0.2, -0.15) is 0 Å². The quantitative estimate of drug-likeness (QED) is 0.152. The number of hydrogen-bond donors (Lipinski definition) is 0. The van der Waals surface area contributed by atoms with Gasteiger partial charge in [0.25, 0.3) is 0 Å². The second-order valence-corrected chi connectivity index (χ2v) is 16.9. The largest absolute Gasteiger partial charge is 0.228 e. The summed E-state index contributed by atoms with van der Waals surface area (Å²) < 4.78 is 0. The van der Waals surface area contributed by atoms with E-state index in [1.807, 2.05) is 24.3 Å². The summed E-state index contributed by atoms with van der Waals surface area (Å²) in [7, 11) is 0. The van der Waals surface area contributed by atoms with Crippen LogP contribution in [0.4, 0.5) is 0 Å². The molecule has 2 nitrogen and oxygen atoms in total. The van der Waals surface area contributed by atoms with Crippen LogP contribution in [0.5, 0.6) is 0 Å². The molecule has 10 aromatic carbocycles. The Balaban J connectivity index is 1.07. The lowest BCUT2D eigenvalue weighted by atomic mass is 9.67. The molecule has 65 heavy (non-hydrogen) atoms. The van der Waals surface area contributed by atoms with Gasteiger partial charge in [-0.25, -0.2) is 9.97 Å². The van der Waals surface area contributed by atoms with E-state index in [1.54, 1.807) is 0 Å². The minimum Gasteiger partial charge on any atom is -0.228 e. The monoisotopic (exact) mass is 826 g/mol. The minimum atomic E-state index is -0.527. The zero-order chi connectivity index (χ0) is 43.2. The molecule has 0 aliphatic heterocycles. The van der Waals surface area contributed by atoms with E-state index in [0.717, 1.165) is 44.8 Å². The fraction of sp³-hybridized carbons (Fsp3) is 0.0159. The van der Waals surface area contributed by atoms with Crippen molar-refractivity contribution in [1.82, 2.24) is 9.97 Å². The molecule has 0 saturated carbocycles. The van der Waals surface area contributed by atoms with Gasteiger partial charge in [-0.05, 0) is 108 Å². The molecule has 0 amide bonds. The first-order chi connectivity index (χ1) is 32.2. The van der Waals surface area contributed by atoms with Crippen LogP contribution in [0.2, 0.25) is 0 Å². The van der Waals surface area contributed by atoms with Gasteiger partial charge in [-0.1, -0.05) is 224 Å². The average molecular weight is 827 g/mol. The van der Waals surface area contributed by atoms with Gasteiger partial charge in [0, 0.05) is 16.7 Å². The summed E-state index contributed by atoms with van der Waals surface area (Å²) in [5, 5.41) is 2.46. The molecular formula is C63H42N2. The van der Waals surface area contributed by atoms with E-state index in [2.05, 4.69) is 231 Å². The van der Waals surface area contributed by atoms with Crippen LogP contribution < -0.4 is 0 Å². The predicted octanol–water partition coefficient (Wildman–Crippen LogP) is 16.0. The molecule has 1 aliphatic carbocycles. The predicted molar refractivity (Wildman–Crippen MR) is 269 cm³/mol. The highest BCUT2D eigenvalue weighted by atomic mass is 14.9. The van der Waals surface area contributed by atoms with E-state index < -0.39 is 5.41 Å². The van der Waals surface area contributed by atoms with E-state index in [0.29, 0.717) is 5.82 Å². The zero-order valence-electron chi connectivity index (χ0n) is 35.6. The van der Waals surface area contributed by atoms with Crippen LogP contribution >= 0.6 is 0 Å². The first-order valence-corrected chi connectivity index (χ1v) is 22.3. The van der Waals surface area contributed by atoms with E-state index in [4.69, 9.17) is 9.97 Å². The number of nitrogens with zero attached hydrogens (tertiary/aromatic N) is 2. The number of fused-ring (bicyclic) bond motifs is 4. The smallest absolute Gasteiger partial charge is 0.160 e. The summed E-state index contributed by atoms with van der Waals surface area (Å²) in [5.74, 6) is 0.705. The van der Waals surface area contributed by atoms with Gasteiger partial charge >= 0.3 is 0 Å². The molecule has 0 saturated heterocycles. The number of benzene rings is 10. The van der Waals surface area contributed by atoms with Crippen molar-refractivity contribution < 1.29 is 0 Å². The van der Waals surface area contributed by atoms with Crippen LogP contribution in [0.25, 0.3) is 89.2 Å². The minimum absolute atomic E-state index is 0.527. The third-order valence-corrected chi connectivity index (χ3v) is 13.2. The highest BCUT2D eigenvalue weighted by Gasteiger charge is 2.46. The van der Waals surface area contributed by atoms with Gasteiger partial charge < -0.3 is 0 Å². The third-order valence-electron chi connectivity index (χ3n) is 13.2. The highest BCUT2D eigenvalue weighted by Crippen LogP contribution is 2.58. The second-order valence-electron chi connectivity index (χ2n) is 16.9. The van der Waals surface area contributed by atoms with Crippen molar-refractivity contribution in [3.8, 4) is 78.4 Å². The van der Waals surface area contributed by atoms with E-state index >= 15 is 0 Å². The van der Waals surface area contributed by atoms with Crippen LogP contribution in [0.15, 0.2) is 255 Å². The Bertz CT molecular complexity index is 3420. The van der Waals surface area contributed by atoms with Crippen molar-refractivity contribution >= 4 is 10.8 Å². The fourth-order valence-electron chi connectivity index (χ4n) is 10.2. The van der Waals surface area contributed by atoms with Gasteiger partial charge in [0.05, 0.1) is 16.8 Å². The van der Waals surface area contributed by atoms with Gasteiger partial charge in [-0.15, -0.1) is 0 Å². The maximum absolute atomic E-state index is 5.17. The van der Waals surface area contributed by atoms with Gasteiger partial charge in [0.2, 0.25) is 0 Å². The molecule has 0 radical (unpaired) electrons. The van der Waals surface area contributed by atoms with Crippen LogP contribution in [0, 0.1) is 0 Å². The van der Waals surface area contributed by atoms with E-state index in [-0.39, 0.29) is 0 Å². The number of hydrogen-bond acceptors (Lipinski definition) is 2. The maximum Gasteiger partial charge on any atom is 0.160 e. The highest BCUT2D eigenvalue weighted by molar-refractivity contribution is 6.03. The summed E-state index contributed by atoms with van der Waals surface area (Å²) in [5.41, 5.74) is 19.0. The van der Waals surface area contributed by atoms with Crippen LogP contribution in [-0.4, -0.2) is 9.97 Å².